The molecule has 3 unspecified atom stereocenters. The number of carbonyl (C=O) groups excluding carboxylic acids is 1. The molecule has 2 saturated heterocycles. The molecule has 8 heteroatoms. The first-order valence-corrected chi connectivity index (χ1v) is 9.30. The molecule has 0 spiro atoms. The zero-order valence-electron chi connectivity index (χ0n) is 16.0. The van der Waals surface area contributed by atoms with E-state index < -0.39 is 0 Å². The molecule has 27 heavy (non-hydrogen) atoms. The van der Waals surface area contributed by atoms with E-state index in [1.165, 1.54) is 12.1 Å². The second-order valence-electron chi connectivity index (χ2n) is 7.26. The summed E-state index contributed by atoms with van der Waals surface area (Å²) in [5, 5.41) is 6.60. The predicted molar refractivity (Wildman–Crippen MR) is 113 cm³/mol. The molecule has 3 rings (SSSR count). The lowest BCUT2D eigenvalue weighted by Crippen LogP contribution is -2.57. The summed E-state index contributed by atoms with van der Waals surface area (Å²) in [5.41, 5.74) is 1.04. The number of benzene rings is 1. The summed E-state index contributed by atoms with van der Waals surface area (Å²) in [7, 11) is 0. The van der Waals surface area contributed by atoms with Crippen molar-refractivity contribution in [1.29, 1.82) is 0 Å². The topological polar surface area (TPSA) is 47.6 Å². The third-order valence-electron chi connectivity index (χ3n) is 5.55. The Balaban J connectivity index is 0.00000182. The number of piperidine rings is 1. The zero-order chi connectivity index (χ0) is 17.8. The van der Waals surface area contributed by atoms with E-state index in [-0.39, 0.29) is 48.6 Å². The van der Waals surface area contributed by atoms with Crippen molar-refractivity contribution in [3.8, 4) is 0 Å². The Kier molecular flexibility index (Phi) is 9.81. The number of hydrogen-bond acceptors (Lipinski definition) is 4. The Bertz CT molecular complexity index is 582. The van der Waals surface area contributed by atoms with Gasteiger partial charge in [-0.3, -0.25) is 9.69 Å². The molecule has 154 valence electrons. The lowest BCUT2D eigenvalue weighted by atomic mass is 9.95. The molecule has 0 bridgehead atoms. The van der Waals surface area contributed by atoms with Crippen LogP contribution in [0.2, 0.25) is 0 Å². The number of anilines is 1. The molecule has 3 atom stereocenters. The van der Waals surface area contributed by atoms with Crippen LogP contribution in [0, 0.1) is 11.7 Å². The van der Waals surface area contributed by atoms with Crippen LogP contribution in [0.5, 0.6) is 0 Å². The van der Waals surface area contributed by atoms with Crippen molar-refractivity contribution >= 4 is 36.4 Å². The second-order valence-corrected chi connectivity index (χ2v) is 7.26. The predicted octanol–water partition coefficient (Wildman–Crippen LogP) is 2.29. The quantitative estimate of drug-likeness (QED) is 0.784. The highest BCUT2D eigenvalue weighted by Gasteiger charge is 2.29. The van der Waals surface area contributed by atoms with Crippen molar-refractivity contribution in [3.05, 3.63) is 30.1 Å². The van der Waals surface area contributed by atoms with Crippen LogP contribution >= 0.6 is 24.8 Å². The molecular weight excluding hydrogens is 390 g/mol. The Morgan fingerprint density at radius 2 is 1.81 bits per heavy atom. The zero-order valence-corrected chi connectivity index (χ0v) is 17.6. The van der Waals surface area contributed by atoms with E-state index in [9.17, 15) is 9.18 Å². The van der Waals surface area contributed by atoms with Gasteiger partial charge in [-0.05, 0) is 56.6 Å². The molecule has 5 nitrogen and oxygen atoms in total. The molecule has 0 aliphatic carbocycles. The van der Waals surface area contributed by atoms with Gasteiger partial charge in [-0.1, -0.05) is 6.92 Å². The highest BCUT2D eigenvalue weighted by Crippen LogP contribution is 2.18. The summed E-state index contributed by atoms with van der Waals surface area (Å²) in [6.45, 7) is 9.51. The smallest absolute Gasteiger partial charge is 0.237 e. The third-order valence-corrected chi connectivity index (χ3v) is 5.55. The number of nitrogens with zero attached hydrogens (tertiary/aromatic N) is 2. The summed E-state index contributed by atoms with van der Waals surface area (Å²) in [6.07, 6.45) is 0.998. The first-order valence-electron chi connectivity index (χ1n) is 9.30. The largest absolute Gasteiger partial charge is 0.369 e. The summed E-state index contributed by atoms with van der Waals surface area (Å²) in [6, 6.07) is 6.80. The first-order chi connectivity index (χ1) is 12.0. The Labute approximate surface area is 173 Å². The fraction of sp³-hybridized carbons (Fsp3) is 0.632. The van der Waals surface area contributed by atoms with Crippen LogP contribution in [0.4, 0.5) is 10.1 Å². The van der Waals surface area contributed by atoms with E-state index in [2.05, 4.69) is 27.4 Å². The molecule has 2 fully saturated rings. The normalized spacial score (nSPS) is 24.3. The lowest BCUT2D eigenvalue weighted by molar-refractivity contribution is -0.127. The first kappa shape index (κ1) is 24.0. The van der Waals surface area contributed by atoms with Gasteiger partial charge in [0.15, 0.2) is 0 Å². The van der Waals surface area contributed by atoms with E-state index in [4.69, 9.17) is 0 Å². The maximum Gasteiger partial charge on any atom is 0.237 e. The van der Waals surface area contributed by atoms with Gasteiger partial charge in [0.05, 0.1) is 6.04 Å². The van der Waals surface area contributed by atoms with Crippen molar-refractivity contribution < 1.29 is 9.18 Å². The van der Waals surface area contributed by atoms with E-state index in [1.807, 2.05) is 19.1 Å². The standard InChI is InChI=1S/C19H29FN4O.2ClH/c1-14-13-21-8-7-18(14)22-19(25)15(2)23-9-11-24(12-10-23)17-5-3-16(20)4-6-17;;/h3-6,14-15,18,21H,7-13H2,1-2H3,(H,22,25);2*1H. The molecule has 0 aromatic heterocycles. The van der Waals surface area contributed by atoms with E-state index in [0.29, 0.717) is 5.92 Å². The molecule has 1 aromatic carbocycles. The summed E-state index contributed by atoms with van der Waals surface area (Å²) >= 11 is 0. The van der Waals surface area contributed by atoms with E-state index in [0.717, 1.165) is 51.4 Å². The number of nitrogens with one attached hydrogen (secondary N) is 2. The van der Waals surface area contributed by atoms with Gasteiger partial charge < -0.3 is 15.5 Å². The van der Waals surface area contributed by atoms with Crippen LogP contribution in [-0.2, 0) is 4.79 Å². The number of halogens is 3. The van der Waals surface area contributed by atoms with Crippen LogP contribution < -0.4 is 15.5 Å². The molecule has 2 N–H and O–H groups in total. The van der Waals surface area contributed by atoms with Gasteiger partial charge in [-0.25, -0.2) is 4.39 Å². The van der Waals surface area contributed by atoms with E-state index >= 15 is 0 Å². The number of piperazine rings is 1. The molecule has 1 aromatic rings. The molecule has 0 radical (unpaired) electrons. The summed E-state index contributed by atoms with van der Waals surface area (Å²) in [4.78, 5) is 17.1. The van der Waals surface area contributed by atoms with Crippen molar-refractivity contribution in [2.24, 2.45) is 5.92 Å². The Hall–Kier alpha value is -1.08. The summed E-state index contributed by atoms with van der Waals surface area (Å²) in [5.74, 6) is 0.397. The maximum atomic E-state index is 13.1. The average Bonchev–Trinajstić information content (AvgIpc) is 2.64. The van der Waals surface area contributed by atoms with Crippen molar-refractivity contribution in [2.75, 3.05) is 44.2 Å². The fourth-order valence-corrected chi connectivity index (χ4v) is 3.72. The van der Waals surface area contributed by atoms with Crippen LogP contribution in [0.25, 0.3) is 0 Å². The van der Waals surface area contributed by atoms with Crippen LogP contribution in [0.1, 0.15) is 20.3 Å². The van der Waals surface area contributed by atoms with Crippen LogP contribution in [-0.4, -0.2) is 62.2 Å². The minimum atomic E-state index is -0.208. The molecule has 0 saturated carbocycles. The number of hydrogen-bond donors (Lipinski definition) is 2. The van der Waals surface area contributed by atoms with Crippen LogP contribution in [0.3, 0.4) is 0 Å². The van der Waals surface area contributed by atoms with Gasteiger partial charge in [0.1, 0.15) is 5.82 Å². The number of amides is 1. The summed E-state index contributed by atoms with van der Waals surface area (Å²) < 4.78 is 13.1. The van der Waals surface area contributed by atoms with Crippen molar-refractivity contribution in [2.45, 2.75) is 32.4 Å². The number of carbonyl (C=O) groups is 1. The SMILES string of the molecule is CC1CNCCC1NC(=O)C(C)N1CCN(c2ccc(F)cc2)CC1.Cl.Cl. The Morgan fingerprint density at radius 1 is 1.19 bits per heavy atom. The monoisotopic (exact) mass is 420 g/mol. The average molecular weight is 421 g/mol. The Morgan fingerprint density at radius 3 is 2.41 bits per heavy atom. The maximum absolute atomic E-state index is 13.1. The fourth-order valence-electron chi connectivity index (χ4n) is 3.72. The van der Waals surface area contributed by atoms with Gasteiger partial charge in [-0.2, -0.15) is 0 Å². The molecule has 2 aliphatic heterocycles. The molecule has 2 heterocycles. The minimum Gasteiger partial charge on any atom is -0.369 e. The van der Waals surface area contributed by atoms with Gasteiger partial charge in [0.2, 0.25) is 5.91 Å². The second kappa shape index (κ2) is 11.1. The highest BCUT2D eigenvalue weighted by molar-refractivity contribution is 5.85. The van der Waals surface area contributed by atoms with Gasteiger partial charge in [-0.15, -0.1) is 24.8 Å². The van der Waals surface area contributed by atoms with E-state index in [1.54, 1.807) is 0 Å². The highest BCUT2D eigenvalue weighted by atomic mass is 35.5. The van der Waals surface area contributed by atoms with Crippen molar-refractivity contribution in [1.82, 2.24) is 15.5 Å². The van der Waals surface area contributed by atoms with Gasteiger partial charge >= 0.3 is 0 Å². The molecule has 1 amide bonds. The third kappa shape index (κ3) is 6.21. The van der Waals surface area contributed by atoms with Crippen molar-refractivity contribution in [3.63, 3.8) is 0 Å². The van der Waals surface area contributed by atoms with Gasteiger partial charge in [0.25, 0.3) is 0 Å². The number of rotatable bonds is 4. The van der Waals surface area contributed by atoms with Crippen LogP contribution in [0.15, 0.2) is 24.3 Å². The molecular formula is C19H31Cl2FN4O. The molecule has 2 aliphatic rings. The minimum absolute atomic E-state index is 0. The van der Waals surface area contributed by atoms with Gasteiger partial charge in [0, 0.05) is 37.9 Å². The lowest BCUT2D eigenvalue weighted by Gasteiger charge is -2.39.